The van der Waals surface area contributed by atoms with Crippen LogP contribution >= 0.6 is 0 Å². The number of amides is 2. The van der Waals surface area contributed by atoms with Gasteiger partial charge in [-0.2, -0.15) is 5.10 Å². The zero-order chi connectivity index (χ0) is 17.3. The fourth-order valence-electron chi connectivity index (χ4n) is 3.01. The van der Waals surface area contributed by atoms with Gasteiger partial charge in [-0.3, -0.25) is 14.3 Å². The Balaban J connectivity index is 1.81. The lowest BCUT2D eigenvalue weighted by Gasteiger charge is -2.39. The lowest BCUT2D eigenvalue weighted by molar-refractivity contribution is -0.121. The van der Waals surface area contributed by atoms with Crippen LogP contribution < -0.4 is 9.64 Å². The number of hydrogen-bond acceptors (Lipinski definition) is 4. The summed E-state index contributed by atoms with van der Waals surface area (Å²) in [4.78, 5) is 28.5. The monoisotopic (exact) mass is 328 g/mol. The highest BCUT2D eigenvalue weighted by Crippen LogP contribution is 2.26. The number of ether oxygens (including phenoxy) is 1. The van der Waals surface area contributed by atoms with Crippen molar-refractivity contribution >= 4 is 17.5 Å². The number of piperazine rings is 1. The number of carbonyl (C=O) groups excluding carboxylic acids is 2. The molecule has 1 aliphatic rings. The van der Waals surface area contributed by atoms with E-state index >= 15 is 0 Å². The van der Waals surface area contributed by atoms with E-state index in [0.717, 1.165) is 5.69 Å². The third-order valence-corrected chi connectivity index (χ3v) is 4.18. The molecule has 2 heterocycles. The Morgan fingerprint density at radius 2 is 2.12 bits per heavy atom. The number of hydrogen-bond donors (Lipinski definition) is 0. The first-order valence-corrected chi connectivity index (χ1v) is 7.74. The molecule has 0 bridgehead atoms. The molecule has 1 aromatic heterocycles. The molecule has 0 aliphatic carbocycles. The van der Waals surface area contributed by atoms with E-state index in [-0.39, 0.29) is 24.4 Å². The fraction of sp³-hybridized carbons (Fsp3) is 0.353. The third-order valence-electron chi connectivity index (χ3n) is 4.18. The summed E-state index contributed by atoms with van der Waals surface area (Å²) < 4.78 is 6.75. The molecule has 1 aliphatic heterocycles. The van der Waals surface area contributed by atoms with Crippen LogP contribution in [0.2, 0.25) is 0 Å². The van der Waals surface area contributed by atoms with Crippen molar-refractivity contribution in [3.05, 3.63) is 42.2 Å². The summed E-state index contributed by atoms with van der Waals surface area (Å²) >= 11 is 0. The van der Waals surface area contributed by atoms with Gasteiger partial charge in [0.2, 0.25) is 5.91 Å². The minimum Gasteiger partial charge on any atom is -0.497 e. The Labute approximate surface area is 140 Å². The summed E-state index contributed by atoms with van der Waals surface area (Å²) in [5.74, 6) is 0.402. The van der Waals surface area contributed by atoms with Crippen LogP contribution in [0.4, 0.5) is 5.69 Å². The maximum Gasteiger partial charge on any atom is 0.272 e. The molecule has 7 nitrogen and oxygen atoms in total. The topological polar surface area (TPSA) is 67.7 Å². The van der Waals surface area contributed by atoms with Gasteiger partial charge in [-0.05, 0) is 25.1 Å². The van der Waals surface area contributed by atoms with E-state index in [9.17, 15) is 9.59 Å². The Bertz CT molecular complexity index is 771. The number of benzene rings is 1. The molecule has 0 saturated carbocycles. The lowest BCUT2D eigenvalue weighted by Crippen LogP contribution is -2.57. The SMILES string of the molecule is COc1cccc(N2C(=O)CN(C(=O)c3ccnn3C)C[C@H]2C)c1. The summed E-state index contributed by atoms with van der Waals surface area (Å²) in [5, 5.41) is 4.01. The number of rotatable bonds is 3. The second-order valence-corrected chi connectivity index (χ2v) is 5.84. The molecule has 1 saturated heterocycles. The van der Waals surface area contributed by atoms with Crippen molar-refractivity contribution in [3.8, 4) is 5.75 Å². The first-order valence-electron chi connectivity index (χ1n) is 7.74. The zero-order valence-electron chi connectivity index (χ0n) is 14.0. The van der Waals surface area contributed by atoms with Crippen LogP contribution in [0.5, 0.6) is 5.75 Å². The molecule has 2 aromatic rings. The summed E-state index contributed by atoms with van der Waals surface area (Å²) in [6.07, 6.45) is 1.57. The number of nitrogens with zero attached hydrogens (tertiary/aromatic N) is 4. The van der Waals surface area contributed by atoms with Crippen LogP contribution in [0.25, 0.3) is 0 Å². The van der Waals surface area contributed by atoms with E-state index in [2.05, 4.69) is 5.10 Å². The summed E-state index contributed by atoms with van der Waals surface area (Å²) in [6.45, 7) is 2.44. The highest BCUT2D eigenvalue weighted by molar-refractivity contribution is 6.01. The molecule has 0 N–H and O–H groups in total. The molecule has 2 amide bonds. The second-order valence-electron chi connectivity index (χ2n) is 5.84. The van der Waals surface area contributed by atoms with E-state index in [0.29, 0.717) is 18.0 Å². The molecule has 126 valence electrons. The molecule has 3 rings (SSSR count). The van der Waals surface area contributed by atoms with Gasteiger partial charge in [0.15, 0.2) is 0 Å². The van der Waals surface area contributed by atoms with Gasteiger partial charge in [0.1, 0.15) is 18.0 Å². The molecule has 0 unspecified atom stereocenters. The van der Waals surface area contributed by atoms with Crippen LogP contribution in [0.1, 0.15) is 17.4 Å². The quantitative estimate of drug-likeness (QED) is 0.852. The van der Waals surface area contributed by atoms with Gasteiger partial charge in [0.05, 0.1) is 13.2 Å². The molecule has 24 heavy (non-hydrogen) atoms. The van der Waals surface area contributed by atoms with E-state index in [1.807, 2.05) is 31.2 Å². The van der Waals surface area contributed by atoms with E-state index in [1.165, 1.54) is 4.68 Å². The molecule has 0 spiro atoms. The van der Waals surface area contributed by atoms with Crippen molar-refractivity contribution < 1.29 is 14.3 Å². The normalized spacial score (nSPS) is 18.0. The average molecular weight is 328 g/mol. The first-order chi connectivity index (χ1) is 11.5. The highest BCUT2D eigenvalue weighted by atomic mass is 16.5. The Kier molecular flexibility index (Phi) is 4.24. The Morgan fingerprint density at radius 3 is 2.75 bits per heavy atom. The number of anilines is 1. The van der Waals surface area contributed by atoms with Crippen molar-refractivity contribution in [2.75, 3.05) is 25.1 Å². The average Bonchev–Trinajstić information content (AvgIpc) is 2.99. The number of carbonyl (C=O) groups is 2. The Morgan fingerprint density at radius 1 is 1.33 bits per heavy atom. The molecular weight excluding hydrogens is 308 g/mol. The molecule has 7 heteroatoms. The fourth-order valence-corrected chi connectivity index (χ4v) is 3.01. The molecular formula is C17H20N4O3. The smallest absolute Gasteiger partial charge is 0.272 e. The molecule has 0 radical (unpaired) electrons. The number of aryl methyl sites for hydroxylation is 1. The van der Waals surface area contributed by atoms with Crippen molar-refractivity contribution in [1.29, 1.82) is 0 Å². The highest BCUT2D eigenvalue weighted by Gasteiger charge is 2.34. The van der Waals surface area contributed by atoms with Crippen molar-refractivity contribution in [3.63, 3.8) is 0 Å². The van der Waals surface area contributed by atoms with Gasteiger partial charge < -0.3 is 14.5 Å². The molecule has 1 fully saturated rings. The van der Waals surface area contributed by atoms with Crippen molar-refractivity contribution in [1.82, 2.24) is 14.7 Å². The first kappa shape index (κ1) is 16.0. The summed E-state index contributed by atoms with van der Waals surface area (Å²) in [6, 6.07) is 8.91. The van der Waals surface area contributed by atoms with Gasteiger partial charge in [0, 0.05) is 31.5 Å². The summed E-state index contributed by atoms with van der Waals surface area (Å²) in [5.41, 5.74) is 1.25. The van der Waals surface area contributed by atoms with Gasteiger partial charge in [-0.25, -0.2) is 0 Å². The number of aromatic nitrogens is 2. The van der Waals surface area contributed by atoms with Gasteiger partial charge in [-0.15, -0.1) is 0 Å². The maximum atomic E-state index is 12.6. The largest absolute Gasteiger partial charge is 0.497 e. The van der Waals surface area contributed by atoms with E-state index in [1.54, 1.807) is 36.2 Å². The summed E-state index contributed by atoms with van der Waals surface area (Å²) in [7, 11) is 3.31. The van der Waals surface area contributed by atoms with Crippen LogP contribution in [0.3, 0.4) is 0 Å². The minimum absolute atomic E-state index is 0.0472. The van der Waals surface area contributed by atoms with Crippen LogP contribution in [-0.4, -0.2) is 52.7 Å². The second kappa shape index (κ2) is 6.35. The predicted molar refractivity (Wildman–Crippen MR) is 89.1 cm³/mol. The van der Waals surface area contributed by atoms with Crippen LogP contribution in [-0.2, 0) is 11.8 Å². The van der Waals surface area contributed by atoms with Gasteiger partial charge in [0.25, 0.3) is 5.91 Å². The van der Waals surface area contributed by atoms with Crippen molar-refractivity contribution in [2.24, 2.45) is 7.05 Å². The van der Waals surface area contributed by atoms with Gasteiger partial charge >= 0.3 is 0 Å². The van der Waals surface area contributed by atoms with Crippen molar-refractivity contribution in [2.45, 2.75) is 13.0 Å². The molecule has 1 aromatic carbocycles. The standard InChI is InChI=1S/C17H20N4O3/c1-12-10-20(17(23)15-7-8-18-19(15)2)11-16(22)21(12)13-5-4-6-14(9-13)24-3/h4-9,12H,10-11H2,1-3H3/t12-/m1/s1. The molecule has 1 atom stereocenters. The third kappa shape index (κ3) is 2.84. The van der Waals surface area contributed by atoms with E-state index < -0.39 is 0 Å². The van der Waals surface area contributed by atoms with Gasteiger partial charge in [-0.1, -0.05) is 6.07 Å². The minimum atomic E-state index is -0.180. The lowest BCUT2D eigenvalue weighted by atomic mass is 10.1. The number of methoxy groups -OCH3 is 1. The predicted octanol–water partition coefficient (Wildman–Crippen LogP) is 1.31. The van der Waals surface area contributed by atoms with Crippen LogP contribution in [0, 0.1) is 0 Å². The van der Waals surface area contributed by atoms with E-state index in [4.69, 9.17) is 4.74 Å². The zero-order valence-corrected chi connectivity index (χ0v) is 14.0. The Hall–Kier alpha value is -2.83. The maximum absolute atomic E-state index is 12.6. The van der Waals surface area contributed by atoms with Crippen LogP contribution in [0.15, 0.2) is 36.5 Å².